The fourth-order valence-corrected chi connectivity index (χ4v) is 0.783. The van der Waals surface area contributed by atoms with Crippen molar-refractivity contribution >= 4 is 0 Å². The molecular weight excluding hydrogens is 206 g/mol. The molecule has 4 heteroatoms. The van der Waals surface area contributed by atoms with Gasteiger partial charge >= 0.3 is 0 Å². The van der Waals surface area contributed by atoms with Gasteiger partial charge < -0.3 is 20.6 Å². The largest absolute Gasteiger partial charge is 0.397 e. The first-order valence-corrected chi connectivity index (χ1v) is 6.28. The van der Waals surface area contributed by atoms with Gasteiger partial charge in [0.25, 0.3) is 0 Å². The van der Waals surface area contributed by atoms with Gasteiger partial charge in [-0.15, -0.1) is 0 Å². The van der Waals surface area contributed by atoms with Gasteiger partial charge in [-0.25, -0.2) is 0 Å². The fourth-order valence-electron chi connectivity index (χ4n) is 0.783. The molecule has 16 heavy (non-hydrogen) atoms. The molecule has 0 saturated carbocycles. The predicted octanol–water partition coefficient (Wildman–Crippen LogP) is 1.15. The third-order valence-electron chi connectivity index (χ3n) is 1.53. The molecule has 0 unspecified atom stereocenters. The molecule has 0 atom stereocenters. The number of hydrogen-bond donors (Lipinski definition) is 4. The molecule has 0 aromatic heterocycles. The molecule has 0 bridgehead atoms. The Balaban J connectivity index is -0.000000172. The highest BCUT2D eigenvalue weighted by Crippen LogP contribution is 1.95. The van der Waals surface area contributed by atoms with Crippen molar-refractivity contribution in [3.05, 3.63) is 0 Å². The lowest BCUT2D eigenvalue weighted by Gasteiger charge is -1.94. The zero-order valence-corrected chi connectivity index (χ0v) is 11.2. The highest BCUT2D eigenvalue weighted by atomic mass is 16.3. The van der Waals surface area contributed by atoms with Gasteiger partial charge in [-0.3, -0.25) is 0 Å². The van der Waals surface area contributed by atoms with E-state index in [1.807, 2.05) is 0 Å². The summed E-state index contributed by atoms with van der Waals surface area (Å²) in [6.45, 7) is 7.81. The summed E-state index contributed by atoms with van der Waals surface area (Å²) in [5, 5.41) is 26.7. The Hall–Kier alpha value is -0.160. The second-order valence-electron chi connectivity index (χ2n) is 3.22. The molecule has 0 aromatic rings. The first-order valence-electron chi connectivity index (χ1n) is 6.28. The van der Waals surface area contributed by atoms with Crippen LogP contribution in [0, 0.1) is 0 Å². The quantitative estimate of drug-likeness (QED) is 0.501. The SMILES string of the molecule is CCCCCC.CCO.OCCNCCO. The minimum Gasteiger partial charge on any atom is -0.397 e. The minimum absolute atomic E-state index is 0.139. The van der Waals surface area contributed by atoms with E-state index >= 15 is 0 Å². The first-order chi connectivity index (χ1) is 7.74. The summed E-state index contributed by atoms with van der Waals surface area (Å²) in [5.41, 5.74) is 0. The molecule has 0 fully saturated rings. The molecule has 0 amide bonds. The number of hydrogen-bond acceptors (Lipinski definition) is 4. The maximum absolute atomic E-state index is 8.15. The van der Waals surface area contributed by atoms with E-state index < -0.39 is 0 Å². The summed E-state index contributed by atoms with van der Waals surface area (Å²) in [6.07, 6.45) is 5.54. The van der Waals surface area contributed by atoms with E-state index in [4.69, 9.17) is 15.3 Å². The molecule has 0 aliphatic rings. The van der Waals surface area contributed by atoms with Gasteiger partial charge in [-0.1, -0.05) is 39.5 Å². The van der Waals surface area contributed by atoms with Crippen molar-refractivity contribution in [2.24, 2.45) is 0 Å². The van der Waals surface area contributed by atoms with Crippen LogP contribution in [0.3, 0.4) is 0 Å². The number of aliphatic hydroxyl groups excluding tert-OH is 3. The van der Waals surface area contributed by atoms with E-state index in [2.05, 4.69) is 19.2 Å². The average Bonchev–Trinajstić information content (AvgIpc) is 2.29. The van der Waals surface area contributed by atoms with Crippen molar-refractivity contribution in [1.29, 1.82) is 0 Å². The van der Waals surface area contributed by atoms with Crippen molar-refractivity contribution in [2.75, 3.05) is 32.9 Å². The lowest BCUT2D eigenvalue weighted by Crippen LogP contribution is -2.21. The van der Waals surface area contributed by atoms with E-state index in [1.165, 1.54) is 25.7 Å². The van der Waals surface area contributed by atoms with Gasteiger partial charge in [0.2, 0.25) is 0 Å². The monoisotopic (exact) mass is 237 g/mol. The third kappa shape index (κ3) is 48.8. The standard InChI is InChI=1S/C6H14.C4H11NO2.C2H6O/c1-3-5-6-4-2;6-3-1-5-2-4-7;1-2-3/h3-6H2,1-2H3;5-7H,1-4H2;3H,2H2,1H3. The summed E-state index contributed by atoms with van der Waals surface area (Å²) in [6, 6.07) is 0. The van der Waals surface area contributed by atoms with Crippen LogP contribution in [-0.2, 0) is 0 Å². The Morgan fingerprint density at radius 3 is 1.25 bits per heavy atom. The van der Waals surface area contributed by atoms with Crippen molar-refractivity contribution in [3.8, 4) is 0 Å². The van der Waals surface area contributed by atoms with E-state index in [0.717, 1.165) is 0 Å². The Bertz CT molecular complexity index is 74.7. The van der Waals surface area contributed by atoms with E-state index in [0.29, 0.717) is 13.1 Å². The van der Waals surface area contributed by atoms with Crippen LogP contribution >= 0.6 is 0 Å². The van der Waals surface area contributed by atoms with E-state index in [-0.39, 0.29) is 19.8 Å². The molecule has 0 heterocycles. The number of aliphatic hydroxyl groups is 3. The van der Waals surface area contributed by atoms with Crippen LogP contribution in [0.1, 0.15) is 46.5 Å². The highest BCUT2D eigenvalue weighted by Gasteiger charge is 1.78. The summed E-state index contributed by atoms with van der Waals surface area (Å²) >= 11 is 0. The molecule has 0 spiro atoms. The molecule has 0 saturated heterocycles. The Morgan fingerprint density at radius 1 is 0.750 bits per heavy atom. The number of nitrogens with one attached hydrogen (secondary N) is 1. The Kier molecular flexibility index (Phi) is 38.8. The van der Waals surface area contributed by atoms with Gasteiger partial charge in [0.1, 0.15) is 0 Å². The van der Waals surface area contributed by atoms with Gasteiger partial charge in [-0.05, 0) is 6.92 Å². The van der Waals surface area contributed by atoms with Crippen LogP contribution < -0.4 is 5.32 Å². The maximum atomic E-state index is 8.15. The molecule has 0 aliphatic carbocycles. The first kappa shape index (κ1) is 21.2. The number of unbranched alkanes of at least 4 members (excludes halogenated alkanes) is 3. The average molecular weight is 237 g/mol. The summed E-state index contributed by atoms with van der Waals surface area (Å²) in [5.74, 6) is 0. The second kappa shape index (κ2) is 29.4. The lowest BCUT2D eigenvalue weighted by atomic mass is 10.2. The van der Waals surface area contributed by atoms with Crippen molar-refractivity contribution in [3.63, 3.8) is 0 Å². The van der Waals surface area contributed by atoms with Crippen LogP contribution in [0.25, 0.3) is 0 Å². The maximum Gasteiger partial charge on any atom is 0.0555 e. The van der Waals surface area contributed by atoms with E-state index in [1.54, 1.807) is 6.92 Å². The van der Waals surface area contributed by atoms with Gasteiger partial charge in [-0.2, -0.15) is 0 Å². The minimum atomic E-state index is 0.139. The Labute approximate surface area is 101 Å². The van der Waals surface area contributed by atoms with Crippen LogP contribution in [-0.4, -0.2) is 48.2 Å². The van der Waals surface area contributed by atoms with Crippen molar-refractivity contribution < 1.29 is 15.3 Å². The van der Waals surface area contributed by atoms with Crippen LogP contribution in [0.2, 0.25) is 0 Å². The molecule has 0 aromatic carbocycles. The Morgan fingerprint density at radius 2 is 1.06 bits per heavy atom. The normalized spacial score (nSPS) is 8.62. The molecular formula is C12H31NO3. The molecule has 4 N–H and O–H groups in total. The zero-order valence-electron chi connectivity index (χ0n) is 11.2. The highest BCUT2D eigenvalue weighted by molar-refractivity contribution is 4.39. The van der Waals surface area contributed by atoms with Crippen LogP contribution in [0.4, 0.5) is 0 Å². The summed E-state index contributed by atoms with van der Waals surface area (Å²) in [4.78, 5) is 0. The third-order valence-corrected chi connectivity index (χ3v) is 1.53. The molecule has 102 valence electrons. The van der Waals surface area contributed by atoms with Gasteiger partial charge in [0, 0.05) is 19.7 Å². The molecule has 0 radical (unpaired) electrons. The summed E-state index contributed by atoms with van der Waals surface area (Å²) in [7, 11) is 0. The molecule has 0 aliphatic heterocycles. The van der Waals surface area contributed by atoms with Crippen LogP contribution in [0.5, 0.6) is 0 Å². The van der Waals surface area contributed by atoms with E-state index in [9.17, 15) is 0 Å². The van der Waals surface area contributed by atoms with Crippen molar-refractivity contribution in [1.82, 2.24) is 5.32 Å². The van der Waals surface area contributed by atoms with Gasteiger partial charge in [0.05, 0.1) is 13.2 Å². The number of rotatable bonds is 7. The molecule has 0 rings (SSSR count). The molecule has 4 nitrogen and oxygen atoms in total. The zero-order chi connectivity index (χ0) is 13.1. The van der Waals surface area contributed by atoms with Crippen LogP contribution in [0.15, 0.2) is 0 Å². The summed E-state index contributed by atoms with van der Waals surface area (Å²) < 4.78 is 0. The fraction of sp³-hybridized carbons (Fsp3) is 1.00. The lowest BCUT2D eigenvalue weighted by molar-refractivity contribution is 0.266. The van der Waals surface area contributed by atoms with Crippen molar-refractivity contribution in [2.45, 2.75) is 46.5 Å². The predicted molar refractivity (Wildman–Crippen MR) is 69.6 cm³/mol. The second-order valence-corrected chi connectivity index (χ2v) is 3.22. The topological polar surface area (TPSA) is 72.7 Å². The smallest absolute Gasteiger partial charge is 0.0555 e. The van der Waals surface area contributed by atoms with Gasteiger partial charge in [0.15, 0.2) is 0 Å².